The second-order valence-electron chi connectivity index (χ2n) is 8.14. The van der Waals surface area contributed by atoms with Crippen molar-refractivity contribution in [2.45, 2.75) is 128 Å². The van der Waals surface area contributed by atoms with Gasteiger partial charge in [0.05, 0.1) is 0 Å². The molecular formula is C21H46OS2Si. The summed E-state index contributed by atoms with van der Waals surface area (Å²) in [5.74, 6) is 0. The third kappa shape index (κ3) is 15.6. The normalized spacial score (nSPS) is 13.3. The Morgan fingerprint density at radius 2 is 1.08 bits per heavy atom. The van der Waals surface area contributed by atoms with Crippen LogP contribution in [0.4, 0.5) is 0 Å². The summed E-state index contributed by atoms with van der Waals surface area (Å²) in [6.45, 7) is 6.92. The third-order valence-electron chi connectivity index (χ3n) is 5.50. The Balaban J connectivity index is 3.29. The molecule has 0 radical (unpaired) electrons. The molecule has 0 aromatic rings. The van der Waals surface area contributed by atoms with E-state index in [2.05, 4.69) is 31.7 Å². The fourth-order valence-electron chi connectivity index (χ4n) is 3.36. The van der Waals surface area contributed by atoms with Gasteiger partial charge < -0.3 is 4.43 Å². The van der Waals surface area contributed by atoms with Gasteiger partial charge in [0.1, 0.15) is 0 Å². The molecule has 152 valence electrons. The van der Waals surface area contributed by atoms with E-state index >= 15 is 0 Å². The summed E-state index contributed by atoms with van der Waals surface area (Å²) >= 11 is 4.46. The first-order valence-corrected chi connectivity index (χ1v) is 15.9. The molecule has 0 bridgehead atoms. The van der Waals surface area contributed by atoms with E-state index in [-0.39, 0.29) is 0 Å². The Morgan fingerprint density at radius 1 is 0.720 bits per heavy atom. The summed E-state index contributed by atoms with van der Waals surface area (Å²) < 4.78 is 5.73. The van der Waals surface area contributed by atoms with Crippen LogP contribution in [0.2, 0.25) is 13.1 Å². The molecule has 0 heterocycles. The largest absolute Gasteiger partial charge is 0.419 e. The summed E-state index contributed by atoms with van der Waals surface area (Å²) in [6.07, 6.45) is 22.8. The van der Waals surface area contributed by atoms with Crippen LogP contribution < -0.4 is 0 Å². The molecule has 0 saturated heterocycles. The predicted octanol–water partition coefficient (Wildman–Crippen LogP) is 8.59. The van der Waals surface area contributed by atoms with Crippen LogP contribution in [0.1, 0.15) is 110 Å². The zero-order chi connectivity index (χ0) is 18.8. The number of rotatable bonds is 19. The van der Waals surface area contributed by atoms with E-state index in [4.69, 9.17) is 4.43 Å². The number of unbranched alkanes of at least 4 members (excludes halogenated alkanes) is 14. The number of hydrogen-bond donors (Lipinski definition) is 1. The van der Waals surface area contributed by atoms with Gasteiger partial charge in [0.2, 0.25) is 0 Å². The van der Waals surface area contributed by atoms with Gasteiger partial charge >= 0.3 is 0 Å². The lowest BCUT2D eigenvalue weighted by Crippen LogP contribution is -2.41. The van der Waals surface area contributed by atoms with Gasteiger partial charge in [-0.25, -0.2) is 0 Å². The molecule has 0 N–H and O–H groups in total. The maximum Gasteiger partial charge on any atom is 0.199 e. The van der Waals surface area contributed by atoms with Crippen molar-refractivity contribution in [3.05, 3.63) is 0 Å². The lowest BCUT2D eigenvalue weighted by molar-refractivity contribution is 0.398. The second kappa shape index (κ2) is 18.2. The first kappa shape index (κ1) is 25.9. The maximum atomic E-state index is 5.73. The van der Waals surface area contributed by atoms with Crippen LogP contribution in [-0.2, 0) is 4.43 Å². The average Bonchev–Trinajstić information content (AvgIpc) is 2.61. The molecule has 0 aliphatic heterocycles. The summed E-state index contributed by atoms with van der Waals surface area (Å²) in [6, 6.07) is 0. The molecular weight excluding hydrogens is 360 g/mol. The van der Waals surface area contributed by atoms with Crippen molar-refractivity contribution in [3.63, 3.8) is 0 Å². The van der Waals surface area contributed by atoms with Crippen LogP contribution in [0.15, 0.2) is 0 Å². The lowest BCUT2D eigenvalue weighted by Gasteiger charge is -2.28. The molecule has 0 amide bonds. The van der Waals surface area contributed by atoms with Crippen LogP contribution in [0.25, 0.3) is 0 Å². The minimum Gasteiger partial charge on any atom is -0.419 e. The molecule has 0 aliphatic rings. The van der Waals surface area contributed by atoms with Crippen molar-refractivity contribution in [2.75, 3.05) is 7.11 Å². The summed E-state index contributed by atoms with van der Waals surface area (Å²) in [7, 11) is 2.06. The van der Waals surface area contributed by atoms with Crippen molar-refractivity contribution in [2.24, 2.45) is 0 Å². The topological polar surface area (TPSA) is 9.23 Å². The van der Waals surface area contributed by atoms with Gasteiger partial charge in [0.25, 0.3) is 0 Å². The highest BCUT2D eigenvalue weighted by molar-refractivity contribution is 8.69. The smallest absolute Gasteiger partial charge is 0.199 e. The monoisotopic (exact) mass is 406 g/mol. The van der Waals surface area contributed by atoms with Crippen LogP contribution in [0.3, 0.4) is 0 Å². The molecule has 1 unspecified atom stereocenters. The summed E-state index contributed by atoms with van der Waals surface area (Å²) in [5.41, 5.74) is 0. The van der Waals surface area contributed by atoms with E-state index in [1.807, 2.05) is 7.11 Å². The van der Waals surface area contributed by atoms with Gasteiger partial charge in [-0.05, 0) is 19.5 Å². The first-order chi connectivity index (χ1) is 12.1. The van der Waals surface area contributed by atoms with Gasteiger partial charge in [-0.2, -0.15) is 0 Å². The molecule has 0 aliphatic carbocycles. The molecule has 4 heteroatoms. The Labute approximate surface area is 169 Å². The highest BCUT2D eigenvalue weighted by Crippen LogP contribution is 2.30. The quantitative estimate of drug-likeness (QED) is 0.0995. The van der Waals surface area contributed by atoms with E-state index in [1.165, 1.54) is 103 Å². The standard InChI is InChI=1S/C21H46OS2Si/c1-5-6-7-8-9-10-11-12-13-14-15-16-17-18-19-20-21(24-23)25(3,4)22-2/h21,23H,5-20H2,1-4H3. The van der Waals surface area contributed by atoms with Crippen LogP contribution in [-0.4, -0.2) is 20.3 Å². The zero-order valence-corrected chi connectivity index (χ0v) is 20.4. The van der Waals surface area contributed by atoms with Crippen LogP contribution >= 0.6 is 22.5 Å². The Hall–Kier alpha value is 0.877. The van der Waals surface area contributed by atoms with Crippen molar-refractivity contribution >= 4 is 30.8 Å². The van der Waals surface area contributed by atoms with E-state index in [0.29, 0.717) is 4.87 Å². The van der Waals surface area contributed by atoms with Crippen molar-refractivity contribution in [1.29, 1.82) is 0 Å². The molecule has 0 spiro atoms. The fourth-order valence-corrected chi connectivity index (χ4v) is 8.70. The summed E-state index contributed by atoms with van der Waals surface area (Å²) in [5, 5.41) is 0. The molecule has 0 saturated carbocycles. The minimum absolute atomic E-state index is 0.628. The highest BCUT2D eigenvalue weighted by Gasteiger charge is 2.31. The van der Waals surface area contributed by atoms with Crippen molar-refractivity contribution < 1.29 is 4.43 Å². The second-order valence-corrected chi connectivity index (χ2v) is 14.3. The Morgan fingerprint density at radius 3 is 1.40 bits per heavy atom. The molecule has 0 rings (SSSR count). The van der Waals surface area contributed by atoms with Crippen LogP contribution in [0, 0.1) is 0 Å². The first-order valence-electron chi connectivity index (χ1n) is 10.9. The van der Waals surface area contributed by atoms with E-state index in [9.17, 15) is 0 Å². The van der Waals surface area contributed by atoms with Crippen molar-refractivity contribution in [1.82, 2.24) is 0 Å². The summed E-state index contributed by atoms with van der Waals surface area (Å²) in [4.78, 5) is 0.628. The maximum absolute atomic E-state index is 5.73. The van der Waals surface area contributed by atoms with Gasteiger partial charge in [0.15, 0.2) is 8.32 Å². The average molecular weight is 407 g/mol. The van der Waals surface area contributed by atoms with E-state index in [1.54, 1.807) is 10.8 Å². The molecule has 25 heavy (non-hydrogen) atoms. The molecule has 0 aromatic carbocycles. The van der Waals surface area contributed by atoms with Gasteiger partial charge in [-0.1, -0.05) is 114 Å². The zero-order valence-electron chi connectivity index (χ0n) is 17.7. The fraction of sp³-hybridized carbons (Fsp3) is 1.00. The number of thiol groups is 1. The Bertz CT molecular complexity index is 275. The van der Waals surface area contributed by atoms with E-state index in [0.717, 1.165) is 0 Å². The van der Waals surface area contributed by atoms with Crippen molar-refractivity contribution in [3.8, 4) is 0 Å². The molecule has 1 nitrogen and oxygen atoms in total. The highest BCUT2D eigenvalue weighted by atomic mass is 33.1. The van der Waals surface area contributed by atoms with Gasteiger partial charge in [-0.3, -0.25) is 0 Å². The molecule has 0 aromatic heterocycles. The molecule has 1 atom stereocenters. The van der Waals surface area contributed by atoms with Gasteiger partial charge in [0, 0.05) is 12.0 Å². The van der Waals surface area contributed by atoms with Gasteiger partial charge in [-0.15, -0.1) is 11.7 Å². The third-order valence-corrected chi connectivity index (χ3v) is 12.3. The molecule has 0 fully saturated rings. The number of hydrogen-bond acceptors (Lipinski definition) is 3. The van der Waals surface area contributed by atoms with Crippen LogP contribution in [0.5, 0.6) is 0 Å². The SMILES string of the molecule is CCCCCCCCCCCCCCCCCC(SS)[Si](C)(C)OC. The lowest BCUT2D eigenvalue weighted by atomic mass is 10.0. The van der Waals surface area contributed by atoms with E-state index < -0.39 is 8.32 Å². The Kier molecular flexibility index (Phi) is 18.9. The minimum atomic E-state index is -1.53. The predicted molar refractivity (Wildman–Crippen MR) is 124 cm³/mol.